The van der Waals surface area contributed by atoms with Gasteiger partial charge in [-0.2, -0.15) is 0 Å². The Labute approximate surface area is 178 Å². The molecule has 0 saturated heterocycles. The topological polar surface area (TPSA) is 81.9 Å². The van der Waals surface area contributed by atoms with Gasteiger partial charge in [-0.15, -0.1) is 0 Å². The third-order valence-electron chi connectivity index (χ3n) is 4.55. The van der Waals surface area contributed by atoms with Crippen molar-refractivity contribution in [3.05, 3.63) is 101 Å². The molecule has 0 aliphatic heterocycles. The summed E-state index contributed by atoms with van der Waals surface area (Å²) in [6.45, 7) is 1.95. The number of para-hydroxylation sites is 2. The lowest BCUT2D eigenvalue weighted by Crippen LogP contribution is -2.20. The van der Waals surface area contributed by atoms with Crippen molar-refractivity contribution in [3.8, 4) is 11.5 Å². The minimum atomic E-state index is -0.307. The number of amides is 1. The molecule has 2 heterocycles. The van der Waals surface area contributed by atoms with Crippen molar-refractivity contribution in [2.24, 2.45) is 0 Å². The maximum atomic E-state index is 12.3. The highest BCUT2D eigenvalue weighted by molar-refractivity contribution is 5.93. The van der Waals surface area contributed by atoms with Crippen LogP contribution >= 0.6 is 0 Å². The fraction of sp³-hybridized carbons (Fsp3) is 0.125. The van der Waals surface area contributed by atoms with Gasteiger partial charge < -0.3 is 14.8 Å². The number of aromatic nitrogens is 2. The first-order valence-corrected chi connectivity index (χ1v) is 9.77. The summed E-state index contributed by atoms with van der Waals surface area (Å²) in [4.78, 5) is 29.0. The monoisotopic (exact) mass is 415 g/mol. The molecular formula is C24H21N3O4. The second-order valence-electron chi connectivity index (χ2n) is 6.95. The van der Waals surface area contributed by atoms with Crippen LogP contribution in [-0.2, 0) is 11.4 Å². The first-order valence-electron chi connectivity index (χ1n) is 9.77. The highest BCUT2D eigenvalue weighted by Gasteiger charge is 2.10. The van der Waals surface area contributed by atoms with E-state index in [9.17, 15) is 9.59 Å². The predicted octanol–water partition coefficient (Wildman–Crippen LogP) is 3.60. The molecule has 156 valence electrons. The highest BCUT2D eigenvalue weighted by atomic mass is 16.5. The van der Waals surface area contributed by atoms with Crippen molar-refractivity contribution < 1.29 is 14.3 Å². The Balaban J connectivity index is 1.41. The number of benzene rings is 2. The maximum Gasteiger partial charge on any atom is 0.262 e. The summed E-state index contributed by atoms with van der Waals surface area (Å²) in [5.74, 6) is 0.791. The zero-order chi connectivity index (χ0) is 21.6. The Hall–Kier alpha value is -4.13. The molecule has 0 aliphatic rings. The summed E-state index contributed by atoms with van der Waals surface area (Å²) in [5, 5.41) is 2.79. The molecule has 4 aromatic rings. The van der Waals surface area contributed by atoms with Crippen LogP contribution < -0.4 is 20.3 Å². The quantitative estimate of drug-likeness (QED) is 0.499. The van der Waals surface area contributed by atoms with Gasteiger partial charge in [-0.3, -0.25) is 14.0 Å². The number of pyridine rings is 1. The van der Waals surface area contributed by atoms with E-state index in [-0.39, 0.29) is 24.7 Å². The molecule has 2 aromatic heterocycles. The molecule has 0 radical (unpaired) electrons. The van der Waals surface area contributed by atoms with Gasteiger partial charge in [-0.05, 0) is 43.3 Å². The number of rotatable bonds is 7. The van der Waals surface area contributed by atoms with Gasteiger partial charge in [0.2, 0.25) is 0 Å². The minimum Gasteiger partial charge on any atom is -0.485 e. The second-order valence-corrected chi connectivity index (χ2v) is 6.95. The van der Waals surface area contributed by atoms with Crippen LogP contribution in [0.2, 0.25) is 0 Å². The molecule has 4 rings (SSSR count). The number of ether oxygens (including phenoxy) is 2. The van der Waals surface area contributed by atoms with Crippen LogP contribution in [0.25, 0.3) is 5.65 Å². The van der Waals surface area contributed by atoms with Gasteiger partial charge in [0.1, 0.15) is 23.8 Å². The van der Waals surface area contributed by atoms with E-state index in [0.29, 0.717) is 28.5 Å². The number of nitrogens with one attached hydrogen (secondary N) is 1. The largest absolute Gasteiger partial charge is 0.485 e. The van der Waals surface area contributed by atoms with Crippen LogP contribution in [0, 0.1) is 6.92 Å². The zero-order valence-corrected chi connectivity index (χ0v) is 16.9. The molecule has 1 amide bonds. The van der Waals surface area contributed by atoms with E-state index in [1.165, 1.54) is 10.5 Å². The van der Waals surface area contributed by atoms with Crippen LogP contribution in [0.4, 0.5) is 5.69 Å². The predicted molar refractivity (Wildman–Crippen MR) is 118 cm³/mol. The number of nitrogens with zero attached hydrogens (tertiary/aromatic N) is 2. The first-order chi connectivity index (χ1) is 15.1. The number of carbonyl (C=O) groups excluding carboxylic acids is 1. The summed E-state index contributed by atoms with van der Waals surface area (Å²) in [6, 6.07) is 21.3. The van der Waals surface area contributed by atoms with Crippen LogP contribution in [0.15, 0.2) is 83.8 Å². The van der Waals surface area contributed by atoms with Crippen molar-refractivity contribution in [2.45, 2.75) is 13.5 Å². The molecule has 1 N–H and O–H groups in total. The van der Waals surface area contributed by atoms with Gasteiger partial charge in [0.25, 0.3) is 11.5 Å². The summed E-state index contributed by atoms with van der Waals surface area (Å²) >= 11 is 0. The van der Waals surface area contributed by atoms with E-state index in [2.05, 4.69) is 10.3 Å². The van der Waals surface area contributed by atoms with Gasteiger partial charge in [-0.1, -0.05) is 35.9 Å². The Bertz CT molecular complexity index is 1270. The van der Waals surface area contributed by atoms with Gasteiger partial charge in [-0.25, -0.2) is 4.98 Å². The van der Waals surface area contributed by atoms with Gasteiger partial charge in [0.05, 0.1) is 11.4 Å². The summed E-state index contributed by atoms with van der Waals surface area (Å²) in [6.07, 6.45) is 1.67. The van der Waals surface area contributed by atoms with Gasteiger partial charge >= 0.3 is 0 Å². The van der Waals surface area contributed by atoms with E-state index in [0.717, 1.165) is 5.56 Å². The molecule has 0 fully saturated rings. The Morgan fingerprint density at radius 3 is 2.61 bits per heavy atom. The average Bonchev–Trinajstić information content (AvgIpc) is 2.78. The number of hydrogen-bond donors (Lipinski definition) is 1. The lowest BCUT2D eigenvalue weighted by Gasteiger charge is -2.13. The Morgan fingerprint density at radius 1 is 1.00 bits per heavy atom. The molecule has 0 saturated carbocycles. The summed E-state index contributed by atoms with van der Waals surface area (Å²) in [5.41, 5.74) is 2.49. The normalized spacial score (nSPS) is 10.6. The highest BCUT2D eigenvalue weighted by Crippen LogP contribution is 2.24. The van der Waals surface area contributed by atoms with Crippen LogP contribution in [-0.4, -0.2) is 21.9 Å². The van der Waals surface area contributed by atoms with E-state index >= 15 is 0 Å². The average molecular weight is 415 g/mol. The number of carbonyl (C=O) groups is 1. The van der Waals surface area contributed by atoms with E-state index < -0.39 is 0 Å². The van der Waals surface area contributed by atoms with Gasteiger partial charge in [0, 0.05) is 12.3 Å². The molecule has 31 heavy (non-hydrogen) atoms. The molecule has 0 aliphatic carbocycles. The number of hydrogen-bond acceptors (Lipinski definition) is 5. The van der Waals surface area contributed by atoms with E-state index in [4.69, 9.17) is 9.47 Å². The van der Waals surface area contributed by atoms with Crippen molar-refractivity contribution in [3.63, 3.8) is 0 Å². The molecule has 0 unspecified atom stereocenters. The summed E-state index contributed by atoms with van der Waals surface area (Å²) in [7, 11) is 0. The molecule has 2 aromatic carbocycles. The maximum absolute atomic E-state index is 12.3. The third kappa shape index (κ3) is 5.08. The lowest BCUT2D eigenvalue weighted by molar-refractivity contribution is -0.118. The van der Waals surface area contributed by atoms with Crippen LogP contribution in [0.3, 0.4) is 0 Å². The molecule has 0 spiro atoms. The number of aryl methyl sites for hydroxylation is 1. The van der Waals surface area contributed by atoms with Crippen LogP contribution in [0.5, 0.6) is 11.5 Å². The van der Waals surface area contributed by atoms with E-state index in [1.807, 2.05) is 37.3 Å². The Kier molecular flexibility index (Phi) is 5.93. The van der Waals surface area contributed by atoms with Gasteiger partial charge in [0.15, 0.2) is 6.61 Å². The number of fused-ring (bicyclic) bond motifs is 1. The summed E-state index contributed by atoms with van der Waals surface area (Å²) < 4.78 is 12.8. The standard InChI is InChI=1S/C24H21N3O4/c1-17-9-11-19(12-10-17)30-16-23(28)26-20-6-2-3-7-21(20)31-15-18-14-24(29)27-13-5-4-8-22(27)25-18/h2-14H,15-16H2,1H3,(H,26,28). The fourth-order valence-electron chi connectivity index (χ4n) is 2.99. The minimum absolute atomic E-state index is 0.0907. The molecular weight excluding hydrogens is 394 g/mol. The van der Waals surface area contributed by atoms with Crippen molar-refractivity contribution >= 4 is 17.2 Å². The molecule has 0 bridgehead atoms. The fourth-order valence-corrected chi connectivity index (χ4v) is 2.99. The zero-order valence-electron chi connectivity index (χ0n) is 16.9. The smallest absolute Gasteiger partial charge is 0.262 e. The lowest BCUT2D eigenvalue weighted by atomic mass is 10.2. The SMILES string of the molecule is Cc1ccc(OCC(=O)Nc2ccccc2OCc2cc(=O)n3ccccc3n2)cc1. The molecule has 7 heteroatoms. The molecule has 0 atom stereocenters. The van der Waals surface area contributed by atoms with Crippen molar-refractivity contribution in [2.75, 3.05) is 11.9 Å². The van der Waals surface area contributed by atoms with E-state index in [1.54, 1.807) is 42.6 Å². The van der Waals surface area contributed by atoms with Crippen molar-refractivity contribution in [1.82, 2.24) is 9.38 Å². The Morgan fingerprint density at radius 2 is 1.77 bits per heavy atom. The number of anilines is 1. The van der Waals surface area contributed by atoms with Crippen molar-refractivity contribution in [1.29, 1.82) is 0 Å². The molecule has 7 nitrogen and oxygen atoms in total. The second kappa shape index (κ2) is 9.13. The third-order valence-corrected chi connectivity index (χ3v) is 4.55. The van der Waals surface area contributed by atoms with Crippen LogP contribution in [0.1, 0.15) is 11.3 Å². The first kappa shape index (κ1) is 20.2.